The first-order chi connectivity index (χ1) is 14.2. The minimum atomic E-state index is -3.19. The van der Waals surface area contributed by atoms with Crippen LogP contribution in [-0.2, 0) is 9.84 Å². The number of benzene rings is 2. The van der Waals surface area contributed by atoms with E-state index in [1.54, 1.807) is 30.3 Å². The molecule has 0 unspecified atom stereocenters. The molecule has 5 nitrogen and oxygen atoms in total. The molecule has 1 saturated heterocycles. The molecular weight excluding hydrogens is 420 g/mol. The van der Waals surface area contributed by atoms with Crippen molar-refractivity contribution in [2.75, 3.05) is 26.0 Å². The van der Waals surface area contributed by atoms with Gasteiger partial charge in [-0.15, -0.1) is 0 Å². The zero-order valence-corrected chi connectivity index (χ0v) is 19.1. The number of halogens is 1. The SMILES string of the molecule is C[C@@H]1C[C@H](COc2ccc(S(C)(=O)=O)cc2)CN1C[C@H](C)c1cc(Cl)cc(C#N)c1. The summed E-state index contributed by atoms with van der Waals surface area (Å²) in [5.74, 6) is 1.36. The van der Waals surface area contributed by atoms with Crippen LogP contribution < -0.4 is 4.74 Å². The molecule has 0 amide bonds. The molecule has 0 bridgehead atoms. The van der Waals surface area contributed by atoms with Gasteiger partial charge in [-0.1, -0.05) is 18.5 Å². The second kappa shape index (κ2) is 9.38. The molecule has 1 aliphatic rings. The lowest BCUT2D eigenvalue weighted by Gasteiger charge is -2.25. The minimum absolute atomic E-state index is 0.265. The number of hydrogen-bond donors (Lipinski definition) is 0. The van der Waals surface area contributed by atoms with Crippen molar-refractivity contribution in [3.05, 3.63) is 58.6 Å². The summed E-state index contributed by atoms with van der Waals surface area (Å²) in [6.45, 7) is 6.83. The van der Waals surface area contributed by atoms with Crippen LogP contribution in [0.5, 0.6) is 5.75 Å². The van der Waals surface area contributed by atoms with E-state index >= 15 is 0 Å². The molecule has 2 aromatic carbocycles. The lowest BCUT2D eigenvalue weighted by Crippen LogP contribution is -2.31. The highest BCUT2D eigenvalue weighted by molar-refractivity contribution is 7.90. The summed E-state index contributed by atoms with van der Waals surface area (Å²) < 4.78 is 29.0. The van der Waals surface area contributed by atoms with Crippen LogP contribution in [0.15, 0.2) is 47.4 Å². The van der Waals surface area contributed by atoms with Crippen LogP contribution >= 0.6 is 11.6 Å². The highest BCUT2D eigenvalue weighted by Crippen LogP contribution is 2.29. The Balaban J connectivity index is 1.55. The number of rotatable bonds is 7. The van der Waals surface area contributed by atoms with Crippen LogP contribution in [0.3, 0.4) is 0 Å². The fourth-order valence-corrected chi connectivity index (χ4v) is 4.88. The topological polar surface area (TPSA) is 70.4 Å². The van der Waals surface area contributed by atoms with E-state index in [1.807, 2.05) is 12.1 Å². The molecule has 3 atom stereocenters. The van der Waals surface area contributed by atoms with Gasteiger partial charge in [-0.2, -0.15) is 5.26 Å². The molecule has 1 aliphatic heterocycles. The van der Waals surface area contributed by atoms with Gasteiger partial charge in [0, 0.05) is 36.3 Å². The van der Waals surface area contributed by atoms with E-state index in [1.165, 1.54) is 6.26 Å². The third-order valence-corrected chi connectivity index (χ3v) is 7.00. The van der Waals surface area contributed by atoms with Crippen LogP contribution in [0, 0.1) is 17.2 Å². The molecule has 0 radical (unpaired) electrons. The fourth-order valence-electron chi connectivity index (χ4n) is 4.01. The van der Waals surface area contributed by atoms with E-state index in [9.17, 15) is 13.7 Å². The van der Waals surface area contributed by atoms with Gasteiger partial charge in [0.2, 0.25) is 0 Å². The normalized spacial score (nSPS) is 20.6. The molecular formula is C23H27ClN2O3S. The molecule has 1 fully saturated rings. The van der Waals surface area contributed by atoms with E-state index in [0.29, 0.717) is 39.8 Å². The lowest BCUT2D eigenvalue weighted by molar-refractivity contribution is 0.227. The van der Waals surface area contributed by atoms with Crippen molar-refractivity contribution in [1.82, 2.24) is 4.90 Å². The first-order valence-electron chi connectivity index (χ1n) is 10.0. The summed E-state index contributed by atoms with van der Waals surface area (Å²) in [5.41, 5.74) is 1.67. The summed E-state index contributed by atoms with van der Waals surface area (Å²) in [6, 6.07) is 14.7. The zero-order valence-electron chi connectivity index (χ0n) is 17.5. The molecule has 0 aliphatic carbocycles. The van der Waals surface area contributed by atoms with Crippen LogP contribution in [-0.4, -0.2) is 45.3 Å². The second-order valence-electron chi connectivity index (χ2n) is 8.25. The first-order valence-corrected chi connectivity index (χ1v) is 12.3. The monoisotopic (exact) mass is 446 g/mol. The predicted octanol–water partition coefficient (Wildman–Crippen LogP) is 4.51. The van der Waals surface area contributed by atoms with Gasteiger partial charge < -0.3 is 4.74 Å². The molecule has 0 N–H and O–H groups in total. The number of hydrogen-bond acceptors (Lipinski definition) is 5. The van der Waals surface area contributed by atoms with Gasteiger partial charge in [0.1, 0.15) is 5.75 Å². The molecule has 160 valence electrons. The average molecular weight is 447 g/mol. The number of nitrogens with zero attached hydrogens (tertiary/aromatic N) is 2. The van der Waals surface area contributed by atoms with Crippen molar-refractivity contribution in [3.8, 4) is 11.8 Å². The van der Waals surface area contributed by atoms with E-state index in [-0.39, 0.29) is 5.92 Å². The first kappa shape index (κ1) is 22.6. The van der Waals surface area contributed by atoms with Crippen molar-refractivity contribution in [2.45, 2.75) is 37.1 Å². The smallest absolute Gasteiger partial charge is 0.175 e. The Hall–Kier alpha value is -2.07. The zero-order chi connectivity index (χ0) is 21.9. The quantitative estimate of drug-likeness (QED) is 0.625. The van der Waals surface area contributed by atoms with E-state index in [4.69, 9.17) is 16.3 Å². The molecule has 1 heterocycles. The highest BCUT2D eigenvalue weighted by Gasteiger charge is 2.30. The van der Waals surface area contributed by atoms with Gasteiger partial charge in [0.05, 0.1) is 23.1 Å². The van der Waals surface area contributed by atoms with Crippen molar-refractivity contribution >= 4 is 21.4 Å². The maximum atomic E-state index is 11.6. The van der Waals surface area contributed by atoms with Gasteiger partial charge in [-0.25, -0.2) is 8.42 Å². The summed E-state index contributed by atoms with van der Waals surface area (Å²) >= 11 is 6.16. The highest BCUT2D eigenvalue weighted by atomic mass is 35.5. The molecule has 0 spiro atoms. The Morgan fingerprint density at radius 3 is 2.60 bits per heavy atom. The predicted molar refractivity (Wildman–Crippen MR) is 119 cm³/mol. The van der Waals surface area contributed by atoms with E-state index < -0.39 is 9.84 Å². The Labute approximate surface area is 184 Å². The van der Waals surface area contributed by atoms with Crippen molar-refractivity contribution in [2.24, 2.45) is 5.92 Å². The standard InChI is InChI=1S/C23H27ClN2O3S/c1-16(20-9-18(12-25)10-21(24)11-20)13-26-14-19(8-17(26)2)15-29-22-4-6-23(7-5-22)30(3,27)28/h4-7,9-11,16-17,19H,8,13-15H2,1-3H3/t16-,17+,19-/m0/s1. The number of nitriles is 1. The Bertz CT molecular complexity index is 1030. The van der Waals surface area contributed by atoms with Crippen LogP contribution in [0.2, 0.25) is 5.02 Å². The van der Waals surface area contributed by atoms with Crippen LogP contribution in [0.1, 0.15) is 37.3 Å². The average Bonchev–Trinajstić information content (AvgIpc) is 3.04. The molecule has 0 saturated carbocycles. The van der Waals surface area contributed by atoms with Crippen LogP contribution in [0.25, 0.3) is 0 Å². The second-order valence-corrected chi connectivity index (χ2v) is 10.7. The van der Waals surface area contributed by atoms with Gasteiger partial charge in [-0.05, 0) is 67.3 Å². The van der Waals surface area contributed by atoms with Crippen molar-refractivity contribution in [3.63, 3.8) is 0 Å². The lowest BCUT2D eigenvalue weighted by atomic mass is 9.98. The van der Waals surface area contributed by atoms with E-state index in [0.717, 1.165) is 25.1 Å². The summed E-state index contributed by atoms with van der Waals surface area (Å²) in [7, 11) is -3.19. The maximum Gasteiger partial charge on any atom is 0.175 e. The van der Waals surface area contributed by atoms with Crippen molar-refractivity contribution < 1.29 is 13.2 Å². The third-order valence-electron chi connectivity index (χ3n) is 5.65. The Morgan fingerprint density at radius 1 is 1.27 bits per heavy atom. The summed E-state index contributed by atoms with van der Waals surface area (Å²) in [6.07, 6.45) is 2.25. The minimum Gasteiger partial charge on any atom is -0.493 e. The summed E-state index contributed by atoms with van der Waals surface area (Å²) in [5, 5.41) is 9.77. The van der Waals surface area contributed by atoms with Crippen molar-refractivity contribution in [1.29, 1.82) is 5.26 Å². The summed E-state index contributed by atoms with van der Waals surface area (Å²) in [4.78, 5) is 2.75. The van der Waals surface area contributed by atoms with E-state index in [2.05, 4.69) is 24.8 Å². The molecule has 30 heavy (non-hydrogen) atoms. The largest absolute Gasteiger partial charge is 0.493 e. The third kappa shape index (κ3) is 5.75. The molecule has 3 rings (SSSR count). The van der Waals surface area contributed by atoms with Gasteiger partial charge in [0.15, 0.2) is 9.84 Å². The fraction of sp³-hybridized carbons (Fsp3) is 0.435. The van der Waals surface area contributed by atoms with Gasteiger partial charge >= 0.3 is 0 Å². The Kier molecular flexibility index (Phi) is 7.07. The maximum absolute atomic E-state index is 11.6. The van der Waals surface area contributed by atoms with Gasteiger partial charge in [-0.3, -0.25) is 4.90 Å². The number of likely N-dealkylation sites (tertiary alicyclic amines) is 1. The molecule has 7 heteroatoms. The Morgan fingerprint density at radius 2 is 1.97 bits per heavy atom. The van der Waals surface area contributed by atoms with Crippen LogP contribution in [0.4, 0.5) is 0 Å². The molecule has 0 aromatic heterocycles. The number of sulfone groups is 1. The molecule has 2 aromatic rings. The number of ether oxygens (including phenoxy) is 1. The van der Waals surface area contributed by atoms with Gasteiger partial charge in [0.25, 0.3) is 0 Å².